The highest BCUT2D eigenvalue weighted by Gasteiger charge is 2.33. The number of hydrogen-bond acceptors (Lipinski definition) is 4. The van der Waals surface area contributed by atoms with Gasteiger partial charge in [-0.2, -0.15) is 18.2 Å². The van der Waals surface area contributed by atoms with Gasteiger partial charge in [0.05, 0.1) is 10.6 Å². The summed E-state index contributed by atoms with van der Waals surface area (Å²) in [5, 5.41) is 6.40. The van der Waals surface area contributed by atoms with Gasteiger partial charge in [0.2, 0.25) is 11.7 Å². The van der Waals surface area contributed by atoms with Crippen molar-refractivity contribution in [1.29, 1.82) is 0 Å². The van der Waals surface area contributed by atoms with E-state index in [1.807, 2.05) is 0 Å². The van der Waals surface area contributed by atoms with Crippen LogP contribution in [0.2, 0.25) is 10.0 Å². The third kappa shape index (κ3) is 4.82. The molecule has 0 saturated heterocycles. The van der Waals surface area contributed by atoms with Gasteiger partial charge in [0.25, 0.3) is 5.91 Å². The summed E-state index contributed by atoms with van der Waals surface area (Å²) in [6.45, 7) is 0.0972. The molecule has 0 aliphatic heterocycles. The second kappa shape index (κ2) is 8.20. The summed E-state index contributed by atoms with van der Waals surface area (Å²) in [6.07, 6.45) is -4.44. The van der Waals surface area contributed by atoms with Crippen LogP contribution in [-0.2, 0) is 12.6 Å². The Kier molecular flexibility index (Phi) is 5.90. The van der Waals surface area contributed by atoms with E-state index in [-0.39, 0.29) is 24.4 Å². The molecule has 28 heavy (non-hydrogen) atoms. The summed E-state index contributed by atoms with van der Waals surface area (Å²) in [4.78, 5) is 16.3. The monoisotopic (exact) mass is 429 g/mol. The molecule has 1 aromatic heterocycles. The Morgan fingerprint density at radius 2 is 1.93 bits per heavy atom. The van der Waals surface area contributed by atoms with E-state index in [4.69, 9.17) is 27.7 Å². The number of carbonyl (C=O) groups excluding carboxylic acids is 1. The standard InChI is InChI=1S/C18H12Cl2F3N3O2/c19-12-3-1-2-10(8-12)16-25-15(28-26-16)6-7-24-17(27)11-4-5-14(20)13(9-11)18(21,22)23/h1-5,8-9H,6-7H2,(H,24,27). The van der Waals surface area contributed by atoms with Crippen LogP contribution in [0.15, 0.2) is 47.0 Å². The van der Waals surface area contributed by atoms with Gasteiger partial charge in [0.15, 0.2) is 0 Å². The van der Waals surface area contributed by atoms with E-state index in [0.29, 0.717) is 22.5 Å². The molecular weight excluding hydrogens is 418 g/mol. The van der Waals surface area contributed by atoms with Crippen molar-refractivity contribution in [3.63, 3.8) is 0 Å². The van der Waals surface area contributed by atoms with Crippen molar-refractivity contribution >= 4 is 29.1 Å². The van der Waals surface area contributed by atoms with Crippen LogP contribution in [0.5, 0.6) is 0 Å². The van der Waals surface area contributed by atoms with Gasteiger partial charge in [-0.1, -0.05) is 40.5 Å². The maximum Gasteiger partial charge on any atom is 0.417 e. The predicted molar refractivity (Wildman–Crippen MR) is 97.2 cm³/mol. The molecule has 0 radical (unpaired) electrons. The zero-order chi connectivity index (χ0) is 20.3. The normalized spacial score (nSPS) is 11.5. The zero-order valence-corrected chi connectivity index (χ0v) is 15.6. The summed E-state index contributed by atoms with van der Waals surface area (Å²) in [5.41, 5.74) is -0.542. The Balaban J connectivity index is 1.61. The van der Waals surface area contributed by atoms with Crippen LogP contribution in [-0.4, -0.2) is 22.6 Å². The van der Waals surface area contributed by atoms with E-state index >= 15 is 0 Å². The van der Waals surface area contributed by atoms with Crippen LogP contribution in [0.3, 0.4) is 0 Å². The van der Waals surface area contributed by atoms with Crippen LogP contribution in [0, 0.1) is 0 Å². The van der Waals surface area contributed by atoms with Crippen molar-refractivity contribution < 1.29 is 22.5 Å². The first kappa shape index (κ1) is 20.2. The lowest BCUT2D eigenvalue weighted by molar-refractivity contribution is -0.137. The van der Waals surface area contributed by atoms with Gasteiger partial charge < -0.3 is 9.84 Å². The number of alkyl halides is 3. The lowest BCUT2D eigenvalue weighted by atomic mass is 10.1. The first-order chi connectivity index (χ1) is 13.2. The van der Waals surface area contributed by atoms with Crippen LogP contribution in [0.1, 0.15) is 21.8 Å². The molecule has 0 aliphatic carbocycles. The van der Waals surface area contributed by atoms with Gasteiger partial charge in [-0.05, 0) is 30.3 Å². The van der Waals surface area contributed by atoms with Crippen molar-refractivity contribution in [2.75, 3.05) is 6.54 Å². The Morgan fingerprint density at radius 3 is 2.64 bits per heavy atom. The van der Waals surface area contributed by atoms with Crippen LogP contribution in [0.4, 0.5) is 13.2 Å². The average Bonchev–Trinajstić information content (AvgIpc) is 3.10. The van der Waals surface area contributed by atoms with Crippen LogP contribution < -0.4 is 5.32 Å². The first-order valence-electron chi connectivity index (χ1n) is 7.97. The fourth-order valence-corrected chi connectivity index (χ4v) is 2.78. The van der Waals surface area contributed by atoms with E-state index in [1.54, 1.807) is 24.3 Å². The van der Waals surface area contributed by atoms with E-state index in [0.717, 1.165) is 6.07 Å². The summed E-state index contributed by atoms with van der Waals surface area (Å²) < 4.78 is 43.7. The topological polar surface area (TPSA) is 68.0 Å². The largest absolute Gasteiger partial charge is 0.417 e. The molecule has 0 bridgehead atoms. The second-order valence-electron chi connectivity index (χ2n) is 5.72. The predicted octanol–water partition coefficient (Wildman–Crippen LogP) is 5.03. The van der Waals surface area contributed by atoms with Crippen molar-refractivity contribution in [1.82, 2.24) is 15.5 Å². The summed E-state index contributed by atoms with van der Waals surface area (Å²) >= 11 is 11.5. The number of carbonyl (C=O) groups is 1. The van der Waals surface area contributed by atoms with Gasteiger partial charge >= 0.3 is 6.18 Å². The van der Waals surface area contributed by atoms with Gasteiger partial charge in [0, 0.05) is 29.1 Å². The molecule has 5 nitrogen and oxygen atoms in total. The molecule has 0 atom stereocenters. The van der Waals surface area contributed by atoms with Gasteiger partial charge in [-0.3, -0.25) is 4.79 Å². The highest BCUT2D eigenvalue weighted by Crippen LogP contribution is 2.35. The summed E-state index contributed by atoms with van der Waals surface area (Å²) in [6, 6.07) is 9.86. The fraction of sp³-hybridized carbons (Fsp3) is 0.167. The quantitative estimate of drug-likeness (QED) is 0.617. The molecule has 3 aromatic rings. The third-order valence-electron chi connectivity index (χ3n) is 3.71. The number of rotatable bonds is 5. The van der Waals surface area contributed by atoms with E-state index in [2.05, 4.69) is 15.5 Å². The number of amides is 1. The smallest absolute Gasteiger partial charge is 0.352 e. The highest BCUT2D eigenvalue weighted by molar-refractivity contribution is 6.31. The Hall–Kier alpha value is -2.58. The number of benzene rings is 2. The fourth-order valence-electron chi connectivity index (χ4n) is 2.37. The Labute approximate surface area is 167 Å². The maximum absolute atomic E-state index is 12.9. The summed E-state index contributed by atoms with van der Waals surface area (Å²) in [7, 11) is 0. The Morgan fingerprint density at radius 1 is 1.14 bits per heavy atom. The molecule has 3 rings (SSSR count). The lowest BCUT2D eigenvalue weighted by Gasteiger charge is -2.10. The van der Waals surface area contributed by atoms with Crippen molar-refractivity contribution in [3.05, 3.63) is 69.5 Å². The van der Waals surface area contributed by atoms with E-state index in [1.165, 1.54) is 6.07 Å². The minimum absolute atomic E-state index is 0.0972. The van der Waals surface area contributed by atoms with Crippen LogP contribution >= 0.6 is 23.2 Å². The van der Waals surface area contributed by atoms with Crippen molar-refractivity contribution in [2.45, 2.75) is 12.6 Å². The van der Waals surface area contributed by atoms with Crippen LogP contribution in [0.25, 0.3) is 11.4 Å². The van der Waals surface area contributed by atoms with E-state index in [9.17, 15) is 18.0 Å². The number of aromatic nitrogens is 2. The molecule has 0 aliphatic rings. The molecule has 0 unspecified atom stereocenters. The molecule has 10 heteroatoms. The maximum atomic E-state index is 12.9. The molecule has 0 fully saturated rings. The van der Waals surface area contributed by atoms with Gasteiger partial charge in [0.1, 0.15) is 0 Å². The van der Waals surface area contributed by atoms with Gasteiger partial charge in [-0.25, -0.2) is 0 Å². The zero-order valence-electron chi connectivity index (χ0n) is 14.1. The molecule has 146 valence electrons. The number of nitrogens with one attached hydrogen (secondary N) is 1. The minimum Gasteiger partial charge on any atom is -0.352 e. The van der Waals surface area contributed by atoms with Crippen molar-refractivity contribution in [2.24, 2.45) is 0 Å². The number of hydrogen-bond donors (Lipinski definition) is 1. The third-order valence-corrected chi connectivity index (χ3v) is 4.27. The average molecular weight is 430 g/mol. The first-order valence-corrected chi connectivity index (χ1v) is 8.73. The van der Waals surface area contributed by atoms with E-state index < -0.39 is 22.7 Å². The van der Waals surface area contributed by atoms with Crippen molar-refractivity contribution in [3.8, 4) is 11.4 Å². The molecule has 1 amide bonds. The minimum atomic E-state index is -4.64. The number of halogens is 5. The molecule has 1 N–H and O–H groups in total. The molecule has 0 spiro atoms. The highest BCUT2D eigenvalue weighted by atomic mass is 35.5. The molecule has 2 aromatic carbocycles. The SMILES string of the molecule is O=C(NCCc1nc(-c2cccc(Cl)c2)no1)c1ccc(Cl)c(C(F)(F)F)c1. The summed E-state index contributed by atoms with van der Waals surface area (Å²) in [5.74, 6) is -0.0598. The Bertz CT molecular complexity index is 1010. The molecule has 1 heterocycles. The second-order valence-corrected chi connectivity index (χ2v) is 6.56. The molecule has 0 saturated carbocycles. The molecular formula is C18H12Cl2F3N3O2. The van der Waals surface area contributed by atoms with Gasteiger partial charge in [-0.15, -0.1) is 0 Å². The number of nitrogens with zero attached hydrogens (tertiary/aromatic N) is 2. The lowest BCUT2D eigenvalue weighted by Crippen LogP contribution is -2.26.